The molecule has 1 N–H and O–H groups in total. The first-order valence-electron chi connectivity index (χ1n) is 9.37. The molecule has 1 aliphatic heterocycles. The van der Waals surface area contributed by atoms with Crippen LogP contribution >= 0.6 is 0 Å². The van der Waals surface area contributed by atoms with Crippen LogP contribution in [0.5, 0.6) is 0 Å². The Hall–Kier alpha value is -2.61. The highest BCUT2D eigenvalue weighted by molar-refractivity contribution is 6.15. The van der Waals surface area contributed by atoms with Crippen molar-refractivity contribution in [2.75, 3.05) is 0 Å². The van der Waals surface area contributed by atoms with E-state index in [0.29, 0.717) is 0 Å². The SMILES string of the molecule is CCCC=C1C=C(c2cc(C)cc(C)c2)[N+]([NH-])=C1c1cc(C)cc(C)c1. The zero-order valence-electron chi connectivity index (χ0n) is 16.5. The number of hydrogen-bond acceptors (Lipinski definition) is 0. The predicted octanol–water partition coefficient (Wildman–Crippen LogP) is 6.47. The van der Waals surface area contributed by atoms with Crippen molar-refractivity contribution >= 4 is 11.4 Å². The van der Waals surface area contributed by atoms with Gasteiger partial charge in [-0.05, 0) is 58.4 Å². The van der Waals surface area contributed by atoms with Gasteiger partial charge in [0.2, 0.25) is 11.4 Å². The first-order chi connectivity index (χ1) is 12.4. The van der Waals surface area contributed by atoms with Crippen molar-refractivity contribution in [3.8, 4) is 0 Å². The lowest BCUT2D eigenvalue weighted by atomic mass is 9.98. The van der Waals surface area contributed by atoms with Gasteiger partial charge in [0.05, 0.1) is 0 Å². The molecule has 0 aromatic heterocycles. The number of nitrogens with zero attached hydrogens (tertiary/aromatic N) is 1. The van der Waals surface area contributed by atoms with Crippen molar-refractivity contribution < 1.29 is 4.68 Å². The first kappa shape index (κ1) is 18.2. The van der Waals surface area contributed by atoms with Crippen molar-refractivity contribution in [3.05, 3.63) is 93.3 Å². The molecular formula is C24H28N2. The number of rotatable bonds is 4. The fourth-order valence-electron chi connectivity index (χ4n) is 3.73. The third-order valence-corrected chi connectivity index (χ3v) is 4.70. The molecule has 0 saturated carbocycles. The van der Waals surface area contributed by atoms with E-state index in [2.05, 4.69) is 83.2 Å². The average Bonchev–Trinajstić information content (AvgIpc) is 2.87. The van der Waals surface area contributed by atoms with Crippen LogP contribution in [0, 0.1) is 27.7 Å². The van der Waals surface area contributed by atoms with E-state index in [9.17, 15) is 0 Å². The largest absolute Gasteiger partial charge is 0.448 e. The Balaban J connectivity index is 2.18. The maximum atomic E-state index is 8.86. The Morgan fingerprint density at radius 1 is 0.808 bits per heavy atom. The second kappa shape index (κ2) is 7.33. The van der Waals surface area contributed by atoms with E-state index < -0.39 is 0 Å². The number of allylic oxidation sites excluding steroid dienone is 3. The van der Waals surface area contributed by atoms with E-state index in [1.165, 1.54) is 22.3 Å². The third kappa shape index (κ3) is 3.65. The van der Waals surface area contributed by atoms with Crippen molar-refractivity contribution in [1.29, 1.82) is 0 Å². The van der Waals surface area contributed by atoms with Crippen LogP contribution in [0.15, 0.2) is 54.1 Å². The Bertz CT molecular complexity index is 902. The van der Waals surface area contributed by atoms with Crippen LogP contribution in [0.4, 0.5) is 0 Å². The van der Waals surface area contributed by atoms with Gasteiger partial charge in [-0.2, -0.15) is 0 Å². The van der Waals surface area contributed by atoms with Gasteiger partial charge in [-0.1, -0.05) is 53.8 Å². The summed E-state index contributed by atoms with van der Waals surface area (Å²) in [7, 11) is 0. The van der Waals surface area contributed by atoms with Crippen molar-refractivity contribution in [2.45, 2.75) is 47.5 Å². The number of benzene rings is 2. The Morgan fingerprint density at radius 3 is 1.81 bits per heavy atom. The summed E-state index contributed by atoms with van der Waals surface area (Å²) < 4.78 is 1.61. The van der Waals surface area contributed by atoms with Gasteiger partial charge in [-0.25, -0.2) is 4.68 Å². The topological polar surface area (TPSA) is 26.8 Å². The van der Waals surface area contributed by atoms with Gasteiger partial charge in [0.15, 0.2) is 0 Å². The molecule has 0 atom stereocenters. The van der Waals surface area contributed by atoms with E-state index in [1.807, 2.05) is 0 Å². The molecule has 0 saturated heterocycles. The molecule has 2 nitrogen and oxygen atoms in total. The average molecular weight is 345 g/mol. The number of hydrogen-bond donors (Lipinski definition) is 0. The van der Waals surface area contributed by atoms with Gasteiger partial charge >= 0.3 is 0 Å². The minimum Gasteiger partial charge on any atom is -0.448 e. The van der Waals surface area contributed by atoms with Crippen LogP contribution in [0.25, 0.3) is 11.5 Å². The van der Waals surface area contributed by atoms with E-state index in [1.54, 1.807) is 4.68 Å². The summed E-state index contributed by atoms with van der Waals surface area (Å²) in [6, 6.07) is 13.1. The van der Waals surface area contributed by atoms with Gasteiger partial charge in [-0.3, -0.25) is 0 Å². The lowest BCUT2D eigenvalue weighted by Crippen LogP contribution is -2.12. The summed E-state index contributed by atoms with van der Waals surface area (Å²) in [5, 5.41) is 0. The second-order valence-corrected chi connectivity index (χ2v) is 7.41. The Morgan fingerprint density at radius 2 is 1.31 bits per heavy atom. The summed E-state index contributed by atoms with van der Waals surface area (Å²) in [5.41, 5.74) is 10.2. The fraction of sp³-hybridized carbons (Fsp3) is 0.292. The van der Waals surface area contributed by atoms with Crippen LogP contribution in [-0.2, 0) is 0 Å². The Kier molecular flexibility index (Phi) is 5.13. The summed E-state index contributed by atoms with van der Waals surface area (Å²) in [6.07, 6.45) is 6.57. The summed E-state index contributed by atoms with van der Waals surface area (Å²) in [5.74, 6) is 8.86. The number of nitrogens with one attached hydrogen (secondary N) is 1. The monoisotopic (exact) mass is 344 g/mol. The molecule has 0 spiro atoms. The molecule has 26 heavy (non-hydrogen) atoms. The highest BCUT2D eigenvalue weighted by Gasteiger charge is 2.28. The minimum absolute atomic E-state index is 0.952. The lowest BCUT2D eigenvalue weighted by Gasteiger charge is -2.10. The molecule has 0 radical (unpaired) electrons. The lowest BCUT2D eigenvalue weighted by molar-refractivity contribution is -0.347. The van der Waals surface area contributed by atoms with E-state index in [0.717, 1.165) is 41.0 Å². The highest BCUT2D eigenvalue weighted by Crippen LogP contribution is 2.30. The molecule has 0 unspecified atom stereocenters. The van der Waals surface area contributed by atoms with Crippen molar-refractivity contribution in [2.24, 2.45) is 0 Å². The molecular weight excluding hydrogens is 316 g/mol. The Labute approximate surface area is 157 Å². The van der Waals surface area contributed by atoms with E-state index in [-0.39, 0.29) is 0 Å². The van der Waals surface area contributed by atoms with Crippen LogP contribution in [-0.4, -0.2) is 10.4 Å². The maximum Gasteiger partial charge on any atom is 0.215 e. The third-order valence-electron chi connectivity index (χ3n) is 4.70. The number of aryl methyl sites for hydroxylation is 4. The van der Waals surface area contributed by atoms with Crippen molar-refractivity contribution in [3.63, 3.8) is 0 Å². The van der Waals surface area contributed by atoms with E-state index >= 15 is 0 Å². The van der Waals surface area contributed by atoms with Gasteiger partial charge in [0, 0.05) is 22.8 Å². The zero-order valence-corrected chi connectivity index (χ0v) is 16.5. The highest BCUT2D eigenvalue weighted by atomic mass is 15.3. The van der Waals surface area contributed by atoms with Crippen LogP contribution in [0.1, 0.15) is 53.1 Å². The molecule has 0 amide bonds. The first-order valence-corrected chi connectivity index (χ1v) is 9.37. The fourth-order valence-corrected chi connectivity index (χ4v) is 3.73. The zero-order chi connectivity index (χ0) is 18.8. The van der Waals surface area contributed by atoms with Gasteiger partial charge in [-0.15, -0.1) is 0 Å². The molecule has 2 heteroatoms. The van der Waals surface area contributed by atoms with E-state index in [4.69, 9.17) is 5.84 Å². The standard InChI is InChI=1S/C24H28N2/c1-6-7-8-20-15-23(21-11-16(2)9-17(3)12-21)26(25)24(20)22-13-18(4)10-19(5)14-22/h8-15,25H,6-7H2,1-5H3. The van der Waals surface area contributed by atoms with Crippen LogP contribution in [0.3, 0.4) is 0 Å². The van der Waals surface area contributed by atoms with Gasteiger partial charge in [0.25, 0.3) is 0 Å². The molecule has 134 valence electrons. The smallest absolute Gasteiger partial charge is 0.215 e. The molecule has 0 fully saturated rings. The molecule has 1 aliphatic rings. The molecule has 2 aromatic carbocycles. The molecule has 0 bridgehead atoms. The maximum absolute atomic E-state index is 8.86. The summed E-state index contributed by atoms with van der Waals surface area (Å²) in [6.45, 7) is 10.7. The normalized spacial score (nSPS) is 15.7. The number of unbranched alkanes of at least 4 members (excludes halogenated alkanes) is 1. The molecule has 3 rings (SSSR count). The quantitative estimate of drug-likeness (QED) is 0.568. The minimum atomic E-state index is 0.952. The second-order valence-electron chi connectivity index (χ2n) is 7.41. The molecule has 2 aromatic rings. The summed E-state index contributed by atoms with van der Waals surface area (Å²) >= 11 is 0. The van der Waals surface area contributed by atoms with Gasteiger partial charge < -0.3 is 5.84 Å². The van der Waals surface area contributed by atoms with Crippen molar-refractivity contribution in [1.82, 2.24) is 0 Å². The molecule has 0 aliphatic carbocycles. The molecule has 1 heterocycles. The predicted molar refractivity (Wildman–Crippen MR) is 111 cm³/mol. The van der Waals surface area contributed by atoms with Crippen LogP contribution < -0.4 is 0 Å². The van der Waals surface area contributed by atoms with Crippen LogP contribution in [0.2, 0.25) is 0 Å². The summed E-state index contributed by atoms with van der Waals surface area (Å²) in [4.78, 5) is 0. The van der Waals surface area contributed by atoms with Gasteiger partial charge in [0.1, 0.15) is 0 Å².